The van der Waals surface area contributed by atoms with Gasteiger partial charge in [-0.25, -0.2) is 18.2 Å². The lowest BCUT2D eigenvalue weighted by Gasteiger charge is -2.07. The molecule has 0 spiro atoms. The molecule has 0 aliphatic carbocycles. The van der Waals surface area contributed by atoms with E-state index < -0.39 is 10.0 Å². The Morgan fingerprint density at radius 2 is 2.00 bits per heavy atom. The zero-order valence-corrected chi connectivity index (χ0v) is 11.5. The Morgan fingerprint density at radius 3 is 2.50 bits per heavy atom. The minimum atomic E-state index is -3.73. The number of aliphatic hydroxyl groups is 1. The smallest absolute Gasteiger partial charge is 0.238 e. The number of nitrogens with zero attached hydrogens (tertiary/aromatic N) is 3. The first kappa shape index (κ1) is 14.6. The van der Waals surface area contributed by atoms with Crippen LogP contribution < -0.4 is 5.14 Å². The van der Waals surface area contributed by atoms with Gasteiger partial charge in [0.05, 0.1) is 29.5 Å². The van der Waals surface area contributed by atoms with E-state index in [9.17, 15) is 13.5 Å². The fourth-order valence-corrected chi connectivity index (χ4v) is 2.24. The van der Waals surface area contributed by atoms with Crippen molar-refractivity contribution in [1.29, 1.82) is 0 Å². The summed E-state index contributed by atoms with van der Waals surface area (Å²) in [5.74, 6) is 0. The fraction of sp³-hybridized carbons (Fsp3) is 0.273. The van der Waals surface area contributed by atoms with Gasteiger partial charge < -0.3 is 9.84 Å². The van der Waals surface area contributed by atoms with Crippen molar-refractivity contribution >= 4 is 10.0 Å². The number of hydrogen-bond acceptors (Lipinski definition) is 6. The van der Waals surface area contributed by atoms with Crippen molar-refractivity contribution in [2.45, 2.75) is 18.1 Å². The average molecular weight is 298 g/mol. The van der Waals surface area contributed by atoms with Crippen molar-refractivity contribution in [2.75, 3.05) is 7.11 Å². The van der Waals surface area contributed by atoms with E-state index in [0.29, 0.717) is 17.1 Å². The highest BCUT2D eigenvalue weighted by atomic mass is 32.2. The Hall–Kier alpha value is -1.81. The number of ether oxygens (including phenoxy) is 1. The molecule has 108 valence electrons. The highest BCUT2D eigenvalue weighted by Crippen LogP contribution is 2.16. The van der Waals surface area contributed by atoms with Crippen molar-refractivity contribution in [3.05, 3.63) is 35.7 Å². The zero-order chi connectivity index (χ0) is 14.8. The topological polar surface area (TPSA) is 120 Å². The highest BCUT2D eigenvalue weighted by Gasteiger charge is 2.14. The second kappa shape index (κ2) is 5.67. The molecule has 1 heterocycles. The first-order chi connectivity index (χ1) is 9.47. The molecule has 1 aromatic carbocycles. The minimum absolute atomic E-state index is 0.0111. The van der Waals surface area contributed by atoms with Gasteiger partial charge >= 0.3 is 0 Å². The number of aromatic nitrogens is 3. The molecule has 1 aromatic heterocycles. The van der Waals surface area contributed by atoms with Crippen LogP contribution in [0.5, 0.6) is 0 Å². The molecule has 0 aliphatic heterocycles. The van der Waals surface area contributed by atoms with Crippen molar-refractivity contribution in [2.24, 2.45) is 5.14 Å². The predicted molar refractivity (Wildman–Crippen MR) is 69.4 cm³/mol. The van der Waals surface area contributed by atoms with Crippen molar-refractivity contribution in [3.8, 4) is 5.69 Å². The third-order valence-electron chi connectivity index (χ3n) is 2.68. The fourth-order valence-electron chi connectivity index (χ4n) is 1.72. The van der Waals surface area contributed by atoms with Crippen LogP contribution in [0.4, 0.5) is 0 Å². The van der Waals surface area contributed by atoms with Crippen LogP contribution in [-0.2, 0) is 28.0 Å². The number of primary sulfonamides is 1. The lowest BCUT2D eigenvalue weighted by Crippen LogP contribution is -2.12. The number of benzene rings is 1. The Bertz CT molecular complexity index is 694. The molecule has 2 aromatic rings. The molecule has 0 unspecified atom stereocenters. The molecule has 0 saturated heterocycles. The van der Waals surface area contributed by atoms with Crippen molar-refractivity contribution < 1.29 is 18.3 Å². The van der Waals surface area contributed by atoms with Gasteiger partial charge in [0.1, 0.15) is 5.69 Å². The summed E-state index contributed by atoms with van der Waals surface area (Å²) >= 11 is 0. The number of nitrogens with two attached hydrogens (primary N) is 1. The van der Waals surface area contributed by atoms with E-state index in [4.69, 9.17) is 9.88 Å². The van der Waals surface area contributed by atoms with Crippen LogP contribution in [0.3, 0.4) is 0 Å². The molecular weight excluding hydrogens is 284 g/mol. The van der Waals surface area contributed by atoms with Crippen molar-refractivity contribution in [1.82, 2.24) is 15.0 Å². The molecule has 0 amide bonds. The Balaban J connectivity index is 2.44. The second-order valence-electron chi connectivity index (χ2n) is 4.02. The number of aliphatic hydroxyl groups excluding tert-OH is 1. The molecule has 0 atom stereocenters. The summed E-state index contributed by atoms with van der Waals surface area (Å²) in [4.78, 5) is 0.0111. The van der Waals surface area contributed by atoms with E-state index in [2.05, 4.69) is 10.3 Å². The molecule has 0 saturated carbocycles. The van der Waals surface area contributed by atoms with Crippen molar-refractivity contribution in [3.63, 3.8) is 0 Å². The third kappa shape index (κ3) is 2.85. The van der Waals surface area contributed by atoms with Gasteiger partial charge in [-0.3, -0.25) is 0 Å². The van der Waals surface area contributed by atoms with Crippen LogP contribution >= 0.6 is 0 Å². The van der Waals surface area contributed by atoms with Gasteiger partial charge in [-0.15, -0.1) is 5.10 Å². The van der Waals surface area contributed by atoms with E-state index in [0.717, 1.165) is 0 Å². The summed E-state index contributed by atoms with van der Waals surface area (Å²) in [5.41, 5.74) is 1.59. The molecule has 2 rings (SSSR count). The maximum Gasteiger partial charge on any atom is 0.238 e. The quantitative estimate of drug-likeness (QED) is 0.771. The SMILES string of the molecule is COCc1c(CO)nnn1-c1ccc(S(N)(=O)=O)cc1. The molecule has 0 aliphatic rings. The second-order valence-corrected chi connectivity index (χ2v) is 5.59. The lowest BCUT2D eigenvalue weighted by molar-refractivity contribution is 0.175. The summed E-state index contributed by atoms with van der Waals surface area (Å²) in [6, 6.07) is 5.85. The average Bonchev–Trinajstić information content (AvgIpc) is 2.81. The Labute approximate surface area is 115 Å². The Kier molecular flexibility index (Phi) is 4.14. The minimum Gasteiger partial charge on any atom is -0.390 e. The summed E-state index contributed by atoms with van der Waals surface area (Å²) in [7, 11) is -2.22. The molecule has 3 N–H and O–H groups in total. The summed E-state index contributed by atoms with van der Waals surface area (Å²) in [5, 5.41) is 22.0. The van der Waals surface area contributed by atoms with Gasteiger partial charge in [-0.1, -0.05) is 5.21 Å². The molecule has 0 bridgehead atoms. The molecule has 8 nitrogen and oxygen atoms in total. The summed E-state index contributed by atoms with van der Waals surface area (Å²) < 4.78 is 28.9. The Morgan fingerprint density at radius 1 is 1.35 bits per heavy atom. The molecule has 9 heteroatoms. The van der Waals surface area contributed by atoms with Crippen LogP contribution in [0.2, 0.25) is 0 Å². The first-order valence-electron chi connectivity index (χ1n) is 5.64. The van der Waals surface area contributed by atoms with E-state index in [1.54, 1.807) is 12.1 Å². The number of hydrogen-bond donors (Lipinski definition) is 2. The van der Waals surface area contributed by atoms with E-state index in [1.807, 2.05) is 0 Å². The van der Waals surface area contributed by atoms with Crippen LogP contribution in [0.15, 0.2) is 29.2 Å². The third-order valence-corrected chi connectivity index (χ3v) is 3.61. The van der Waals surface area contributed by atoms with Gasteiger partial charge in [-0.2, -0.15) is 0 Å². The lowest BCUT2D eigenvalue weighted by atomic mass is 10.3. The molecule has 20 heavy (non-hydrogen) atoms. The predicted octanol–water partition coefficient (Wildman–Crippen LogP) is -0.447. The van der Waals surface area contributed by atoms with Gasteiger partial charge in [-0.05, 0) is 24.3 Å². The van der Waals surface area contributed by atoms with Crippen LogP contribution in [0.1, 0.15) is 11.4 Å². The number of rotatable bonds is 5. The largest absolute Gasteiger partial charge is 0.390 e. The summed E-state index contributed by atoms with van der Waals surface area (Å²) in [6.07, 6.45) is 0. The summed E-state index contributed by atoms with van der Waals surface area (Å²) in [6.45, 7) is -0.0339. The highest BCUT2D eigenvalue weighted by molar-refractivity contribution is 7.89. The van der Waals surface area contributed by atoms with Crippen LogP contribution in [0.25, 0.3) is 5.69 Å². The van der Waals surface area contributed by atoms with Gasteiger partial charge in [0.25, 0.3) is 0 Å². The standard InChI is InChI=1S/C11H14N4O4S/c1-19-7-11-10(6-16)13-14-15(11)8-2-4-9(5-3-8)20(12,17)18/h2-5,16H,6-7H2,1H3,(H2,12,17,18). The van der Waals surface area contributed by atoms with E-state index in [-0.39, 0.29) is 18.1 Å². The normalized spacial score (nSPS) is 11.8. The first-order valence-corrected chi connectivity index (χ1v) is 7.18. The maximum absolute atomic E-state index is 11.2. The molecular formula is C11H14N4O4S. The maximum atomic E-state index is 11.2. The van der Waals surface area contributed by atoms with Crippen LogP contribution in [-0.4, -0.2) is 35.6 Å². The monoisotopic (exact) mass is 298 g/mol. The van der Waals surface area contributed by atoms with E-state index >= 15 is 0 Å². The van der Waals surface area contributed by atoms with Gasteiger partial charge in [0, 0.05) is 7.11 Å². The number of sulfonamides is 1. The molecule has 0 radical (unpaired) electrons. The number of methoxy groups -OCH3 is 1. The van der Waals surface area contributed by atoms with Crippen LogP contribution in [0, 0.1) is 0 Å². The van der Waals surface area contributed by atoms with Gasteiger partial charge in [0.15, 0.2) is 0 Å². The van der Waals surface area contributed by atoms with E-state index in [1.165, 1.54) is 23.9 Å². The van der Waals surface area contributed by atoms with Gasteiger partial charge in [0.2, 0.25) is 10.0 Å². The molecule has 0 fully saturated rings. The zero-order valence-electron chi connectivity index (χ0n) is 10.7.